The zero-order valence-electron chi connectivity index (χ0n) is 30.8. The first-order chi connectivity index (χ1) is 27.5. The van der Waals surface area contributed by atoms with Crippen LogP contribution in [0.5, 0.6) is 0 Å². The molecule has 0 aromatic heterocycles. The summed E-state index contributed by atoms with van der Waals surface area (Å²) in [5, 5.41) is 32.4. The van der Waals surface area contributed by atoms with E-state index in [4.69, 9.17) is 0 Å². The zero-order valence-corrected chi connectivity index (χ0v) is 30.8. The Bertz CT molecular complexity index is 3330. The minimum absolute atomic E-state index is 0.707. The fourth-order valence-corrected chi connectivity index (χ4v) is 10.2. The highest BCUT2D eigenvalue weighted by atomic mass is 14.3. The Morgan fingerprint density at radius 1 is 0.321 bits per heavy atom. The van der Waals surface area contributed by atoms with Crippen molar-refractivity contribution in [1.29, 1.82) is 10.5 Å². The number of nitrogens with zero attached hydrogens (tertiary/aromatic N) is 2. The summed E-state index contributed by atoms with van der Waals surface area (Å²) >= 11 is 0. The molecule has 0 bridgehead atoms. The van der Waals surface area contributed by atoms with Crippen molar-refractivity contribution in [2.24, 2.45) is 0 Å². The van der Waals surface area contributed by atoms with Crippen molar-refractivity contribution in [1.82, 2.24) is 0 Å². The molecule has 10 aromatic rings. The third kappa shape index (κ3) is 3.93. The van der Waals surface area contributed by atoms with Crippen LogP contribution in [0.25, 0.3) is 121 Å². The lowest BCUT2D eigenvalue weighted by Crippen LogP contribution is -1.90. The van der Waals surface area contributed by atoms with Gasteiger partial charge in [0.2, 0.25) is 0 Å². The van der Waals surface area contributed by atoms with E-state index in [1.165, 1.54) is 98.4 Å². The fraction of sp³-hybridized carbons (Fsp3) is 0.0370. The van der Waals surface area contributed by atoms with Crippen molar-refractivity contribution in [3.63, 3.8) is 0 Å². The van der Waals surface area contributed by atoms with E-state index in [1.807, 2.05) is 24.3 Å². The number of hydrogen-bond donors (Lipinski definition) is 0. The van der Waals surface area contributed by atoms with Gasteiger partial charge in [0.15, 0.2) is 0 Å². The van der Waals surface area contributed by atoms with Crippen molar-refractivity contribution >= 4 is 53.9 Å². The summed E-state index contributed by atoms with van der Waals surface area (Å²) in [6.07, 6.45) is 0. The quantitative estimate of drug-likeness (QED) is 0.168. The lowest BCUT2D eigenvalue weighted by Gasteiger charge is -2.13. The summed E-state index contributed by atoms with van der Waals surface area (Å²) in [6.45, 7) is 4.19. The summed E-state index contributed by atoms with van der Waals surface area (Å²) < 4.78 is 0. The minimum Gasteiger partial charge on any atom is -0.192 e. The molecule has 0 saturated carbocycles. The molecule has 10 aromatic carbocycles. The van der Waals surface area contributed by atoms with E-state index in [0.29, 0.717) is 11.1 Å². The van der Waals surface area contributed by atoms with Crippen LogP contribution < -0.4 is 0 Å². The number of nitriles is 2. The third-order valence-electron chi connectivity index (χ3n) is 12.7. The van der Waals surface area contributed by atoms with E-state index < -0.39 is 0 Å². The van der Waals surface area contributed by atoms with Crippen LogP contribution in [0.1, 0.15) is 22.3 Å². The van der Waals surface area contributed by atoms with Gasteiger partial charge in [-0.25, -0.2) is 0 Å². The molecule has 256 valence electrons. The van der Waals surface area contributed by atoms with Crippen molar-refractivity contribution in [2.45, 2.75) is 13.8 Å². The van der Waals surface area contributed by atoms with Gasteiger partial charge in [-0.1, -0.05) is 109 Å². The molecular formula is C54H30N2. The molecule has 0 saturated heterocycles. The molecule has 0 amide bonds. The molecule has 2 aliphatic carbocycles. The zero-order chi connectivity index (χ0) is 37.4. The molecule has 0 unspecified atom stereocenters. The average molecular weight is 707 g/mol. The molecule has 0 N–H and O–H groups in total. The second kappa shape index (κ2) is 11.0. The second-order valence-electron chi connectivity index (χ2n) is 15.5. The van der Waals surface area contributed by atoms with Gasteiger partial charge in [0.25, 0.3) is 0 Å². The van der Waals surface area contributed by atoms with E-state index in [9.17, 15) is 10.5 Å². The van der Waals surface area contributed by atoms with Gasteiger partial charge in [-0.05, 0) is 171 Å². The number of benzene rings is 10. The van der Waals surface area contributed by atoms with Gasteiger partial charge < -0.3 is 0 Å². The van der Waals surface area contributed by atoms with E-state index in [2.05, 4.69) is 147 Å². The Balaban J connectivity index is 1.05. The first kappa shape index (κ1) is 30.9. The molecule has 0 aliphatic heterocycles. The standard InChI is InChI=1S/C54H30N2/c1-29-7-3-9-33(27-55)51(29)41-19-21-43-47-23-31-15-17-36-35(45(31)25-49(47)39-13-5-11-37(41)53(39)43)18-16-32-24-48-44-22-20-42(52-30(2)8-4-10-34(52)28-56)38-12-6-14-40(54(38)44)50(48)26-46(32)36/h3-26H,1-2H3. The van der Waals surface area contributed by atoms with Crippen molar-refractivity contribution in [2.75, 3.05) is 0 Å². The van der Waals surface area contributed by atoms with Crippen LogP contribution >= 0.6 is 0 Å². The highest BCUT2D eigenvalue weighted by Gasteiger charge is 2.27. The maximum Gasteiger partial charge on any atom is 0.0998 e. The SMILES string of the molecule is Cc1cccc(C#N)c1-c1ccc2c3c(cccc13)-c1cc3c(ccc4c5cc6c(cc5ccc34)-c3ccc(-c4c(C)cccc4C#N)c4cccc-6c34)cc1-2. The maximum absolute atomic E-state index is 10.0. The molecule has 0 radical (unpaired) electrons. The summed E-state index contributed by atoms with van der Waals surface area (Å²) in [4.78, 5) is 0. The topological polar surface area (TPSA) is 47.6 Å². The Morgan fingerprint density at radius 3 is 1.16 bits per heavy atom. The molecule has 0 heterocycles. The van der Waals surface area contributed by atoms with Crippen molar-refractivity contribution < 1.29 is 0 Å². The highest BCUT2D eigenvalue weighted by molar-refractivity contribution is 6.26. The van der Waals surface area contributed by atoms with Crippen LogP contribution in [0.4, 0.5) is 0 Å². The Morgan fingerprint density at radius 2 is 0.714 bits per heavy atom. The van der Waals surface area contributed by atoms with Crippen LogP contribution in [0.15, 0.2) is 146 Å². The van der Waals surface area contributed by atoms with Gasteiger partial charge in [0.05, 0.1) is 23.3 Å². The molecule has 2 aliphatic rings. The number of rotatable bonds is 2. The van der Waals surface area contributed by atoms with Crippen molar-refractivity contribution in [3.05, 3.63) is 168 Å². The van der Waals surface area contributed by atoms with Crippen LogP contribution in [-0.4, -0.2) is 0 Å². The monoisotopic (exact) mass is 706 g/mol. The molecule has 0 fully saturated rings. The summed E-state index contributed by atoms with van der Waals surface area (Å²) in [7, 11) is 0. The maximum atomic E-state index is 10.0. The van der Waals surface area contributed by atoms with Gasteiger partial charge in [-0.15, -0.1) is 0 Å². The largest absolute Gasteiger partial charge is 0.192 e. The van der Waals surface area contributed by atoms with Crippen LogP contribution in [0.3, 0.4) is 0 Å². The van der Waals surface area contributed by atoms with E-state index in [-0.39, 0.29) is 0 Å². The van der Waals surface area contributed by atoms with Crippen molar-refractivity contribution in [3.8, 4) is 78.9 Å². The van der Waals surface area contributed by atoms with Gasteiger partial charge in [-0.3, -0.25) is 0 Å². The van der Waals surface area contributed by atoms with Crippen LogP contribution in [0.2, 0.25) is 0 Å². The van der Waals surface area contributed by atoms with Crippen LogP contribution in [-0.2, 0) is 0 Å². The molecule has 2 heteroatoms. The summed E-state index contributed by atoms with van der Waals surface area (Å²) in [5.41, 5.74) is 17.9. The first-order valence-electron chi connectivity index (χ1n) is 19.1. The number of hydrogen-bond acceptors (Lipinski definition) is 2. The van der Waals surface area contributed by atoms with Gasteiger partial charge >= 0.3 is 0 Å². The van der Waals surface area contributed by atoms with Gasteiger partial charge in [-0.2, -0.15) is 10.5 Å². The van der Waals surface area contributed by atoms with Crippen LogP contribution in [0, 0.1) is 36.5 Å². The fourth-order valence-electron chi connectivity index (χ4n) is 10.2. The Kier molecular flexibility index (Phi) is 6.08. The third-order valence-corrected chi connectivity index (χ3v) is 12.7. The molecule has 0 atom stereocenters. The lowest BCUT2D eigenvalue weighted by molar-refractivity contribution is 1.42. The second-order valence-corrected chi connectivity index (χ2v) is 15.5. The molecule has 2 nitrogen and oxygen atoms in total. The number of fused-ring (bicyclic) bond motifs is 11. The Labute approximate surface area is 323 Å². The van der Waals surface area contributed by atoms with E-state index >= 15 is 0 Å². The van der Waals surface area contributed by atoms with Gasteiger partial charge in [0, 0.05) is 11.1 Å². The smallest absolute Gasteiger partial charge is 0.0998 e. The average Bonchev–Trinajstić information content (AvgIpc) is 3.72. The molecule has 12 rings (SSSR count). The predicted octanol–water partition coefficient (Wildman–Crippen LogP) is 14.4. The summed E-state index contributed by atoms with van der Waals surface area (Å²) in [5.74, 6) is 0. The summed E-state index contributed by atoms with van der Waals surface area (Å²) in [6, 6.07) is 57.8. The highest BCUT2D eigenvalue weighted by Crippen LogP contribution is 2.54. The predicted molar refractivity (Wildman–Crippen MR) is 233 cm³/mol. The van der Waals surface area contributed by atoms with E-state index in [1.54, 1.807) is 0 Å². The molecule has 0 spiro atoms. The molecular weight excluding hydrogens is 677 g/mol. The van der Waals surface area contributed by atoms with Gasteiger partial charge in [0.1, 0.15) is 0 Å². The minimum atomic E-state index is 0.707. The number of aryl methyl sites for hydroxylation is 2. The van der Waals surface area contributed by atoms with E-state index in [0.717, 1.165) is 33.4 Å². The lowest BCUT2D eigenvalue weighted by atomic mass is 9.89. The Hall–Kier alpha value is -7.52. The normalized spacial score (nSPS) is 12.1. The first-order valence-corrected chi connectivity index (χ1v) is 19.1. The molecule has 56 heavy (non-hydrogen) atoms.